The number of benzene rings is 2. The van der Waals surface area contributed by atoms with Crippen molar-refractivity contribution in [2.45, 2.75) is 6.42 Å². The van der Waals surface area contributed by atoms with Crippen molar-refractivity contribution >= 4 is 50.7 Å². The highest BCUT2D eigenvalue weighted by molar-refractivity contribution is 9.10. The number of hydrogen-bond donors (Lipinski definition) is 1. The molecule has 3 rings (SSSR count). The molecule has 2 amide bonds. The number of carbonyl (C=O) groups excluding carboxylic acids is 2. The first-order valence-corrected chi connectivity index (χ1v) is 8.35. The molecule has 0 aromatic heterocycles. The van der Waals surface area contributed by atoms with Crippen molar-refractivity contribution in [2.24, 2.45) is 5.92 Å². The molecule has 6 heteroatoms. The zero-order valence-electron chi connectivity index (χ0n) is 12.1. The summed E-state index contributed by atoms with van der Waals surface area (Å²) in [6.07, 6.45) is 0.488. The third-order valence-corrected chi connectivity index (χ3v) is 4.60. The molecule has 0 spiro atoms. The number of hydrogen-bond acceptors (Lipinski definition) is 2. The van der Waals surface area contributed by atoms with Gasteiger partial charge in [-0.3, -0.25) is 9.59 Å². The van der Waals surface area contributed by atoms with Crippen molar-refractivity contribution in [3.8, 4) is 0 Å². The third kappa shape index (κ3) is 3.41. The van der Waals surface area contributed by atoms with E-state index >= 15 is 0 Å². The Morgan fingerprint density at radius 3 is 2.74 bits per heavy atom. The average molecular weight is 394 g/mol. The first-order valence-electron chi connectivity index (χ1n) is 7.18. The fourth-order valence-electron chi connectivity index (χ4n) is 2.61. The number of carbonyl (C=O) groups is 2. The Kier molecular flexibility index (Phi) is 4.68. The lowest BCUT2D eigenvalue weighted by atomic mass is 10.1. The summed E-state index contributed by atoms with van der Waals surface area (Å²) in [5.74, 6) is -1.20. The molecule has 1 heterocycles. The molecule has 118 valence electrons. The van der Waals surface area contributed by atoms with Crippen LogP contribution in [0.1, 0.15) is 6.42 Å². The number of rotatable bonds is 3. The molecule has 1 saturated heterocycles. The maximum absolute atomic E-state index is 12.6. The molecule has 0 saturated carbocycles. The summed E-state index contributed by atoms with van der Waals surface area (Å²) in [6, 6.07) is 14.5. The molecular formula is C17H14BrClN2O2. The van der Waals surface area contributed by atoms with Crippen LogP contribution in [0, 0.1) is 5.92 Å². The normalized spacial score (nSPS) is 17.4. The van der Waals surface area contributed by atoms with Gasteiger partial charge in [0.2, 0.25) is 11.8 Å². The number of para-hydroxylation sites is 1. The van der Waals surface area contributed by atoms with Crippen molar-refractivity contribution in [1.82, 2.24) is 0 Å². The molecular weight excluding hydrogens is 380 g/mol. The van der Waals surface area contributed by atoms with E-state index in [1.807, 2.05) is 24.3 Å². The van der Waals surface area contributed by atoms with Crippen molar-refractivity contribution in [1.29, 1.82) is 0 Å². The first-order chi connectivity index (χ1) is 11.1. The summed E-state index contributed by atoms with van der Waals surface area (Å²) in [4.78, 5) is 26.6. The SMILES string of the molecule is O=C(Nc1ccccc1Cl)C1CCN(c2cccc(Br)c2)C1=O. The van der Waals surface area contributed by atoms with Crippen molar-refractivity contribution in [3.63, 3.8) is 0 Å². The largest absolute Gasteiger partial charge is 0.324 e. The molecule has 2 aromatic carbocycles. The molecule has 1 aliphatic rings. The number of nitrogens with zero attached hydrogens (tertiary/aromatic N) is 1. The van der Waals surface area contributed by atoms with Gasteiger partial charge in [0, 0.05) is 16.7 Å². The van der Waals surface area contributed by atoms with Gasteiger partial charge in [-0.15, -0.1) is 0 Å². The maximum atomic E-state index is 12.6. The van der Waals surface area contributed by atoms with E-state index in [1.165, 1.54) is 0 Å². The Balaban J connectivity index is 1.74. The lowest BCUT2D eigenvalue weighted by Crippen LogP contribution is -2.33. The van der Waals surface area contributed by atoms with Gasteiger partial charge in [-0.25, -0.2) is 0 Å². The highest BCUT2D eigenvalue weighted by Crippen LogP contribution is 2.29. The third-order valence-electron chi connectivity index (χ3n) is 3.77. The molecule has 2 aromatic rings. The van der Waals surface area contributed by atoms with E-state index in [0.717, 1.165) is 10.2 Å². The minimum Gasteiger partial charge on any atom is -0.324 e. The Labute approximate surface area is 147 Å². The lowest BCUT2D eigenvalue weighted by molar-refractivity contribution is -0.129. The van der Waals surface area contributed by atoms with E-state index in [9.17, 15) is 9.59 Å². The van der Waals surface area contributed by atoms with E-state index in [0.29, 0.717) is 23.7 Å². The predicted molar refractivity (Wildman–Crippen MR) is 94.7 cm³/mol. The van der Waals surface area contributed by atoms with E-state index < -0.39 is 5.92 Å². The van der Waals surface area contributed by atoms with Crippen LogP contribution in [0.2, 0.25) is 5.02 Å². The minimum absolute atomic E-state index is 0.187. The number of halogens is 2. The highest BCUT2D eigenvalue weighted by Gasteiger charge is 2.37. The van der Waals surface area contributed by atoms with Gasteiger partial charge < -0.3 is 10.2 Å². The Morgan fingerprint density at radius 2 is 2.00 bits per heavy atom. The molecule has 1 N–H and O–H groups in total. The van der Waals surface area contributed by atoms with E-state index in [4.69, 9.17) is 11.6 Å². The number of anilines is 2. The quantitative estimate of drug-likeness (QED) is 0.798. The van der Waals surface area contributed by atoms with Gasteiger partial charge in [-0.05, 0) is 36.8 Å². The molecule has 1 fully saturated rings. The van der Waals surface area contributed by atoms with Gasteiger partial charge >= 0.3 is 0 Å². The van der Waals surface area contributed by atoms with E-state index in [-0.39, 0.29) is 11.8 Å². The highest BCUT2D eigenvalue weighted by atomic mass is 79.9. The second kappa shape index (κ2) is 6.72. The molecule has 0 aliphatic carbocycles. The minimum atomic E-state index is -0.690. The summed E-state index contributed by atoms with van der Waals surface area (Å²) in [6.45, 7) is 0.524. The monoisotopic (exact) mass is 392 g/mol. The van der Waals surface area contributed by atoms with Crippen molar-refractivity contribution in [3.05, 3.63) is 58.0 Å². The summed E-state index contributed by atoms with van der Waals surface area (Å²) < 4.78 is 0.895. The van der Waals surface area contributed by atoms with Crippen LogP contribution < -0.4 is 10.2 Å². The Morgan fingerprint density at radius 1 is 1.22 bits per heavy atom. The fourth-order valence-corrected chi connectivity index (χ4v) is 3.18. The molecule has 23 heavy (non-hydrogen) atoms. The summed E-state index contributed by atoms with van der Waals surface area (Å²) >= 11 is 9.43. The van der Waals surface area contributed by atoms with Gasteiger partial charge in [0.05, 0.1) is 10.7 Å². The standard InChI is InChI=1S/C17H14BrClN2O2/c18-11-4-3-5-12(10-11)21-9-8-13(17(21)23)16(22)20-15-7-2-1-6-14(15)19/h1-7,10,13H,8-9H2,(H,20,22). The van der Waals surface area contributed by atoms with Crippen LogP contribution in [0.15, 0.2) is 53.0 Å². The van der Waals surface area contributed by atoms with Crippen LogP contribution in [-0.2, 0) is 9.59 Å². The summed E-state index contributed by atoms with van der Waals surface area (Å²) in [7, 11) is 0. The van der Waals surface area contributed by atoms with Gasteiger partial charge in [0.1, 0.15) is 5.92 Å². The Bertz CT molecular complexity index is 766. The van der Waals surface area contributed by atoms with Crippen LogP contribution in [-0.4, -0.2) is 18.4 Å². The van der Waals surface area contributed by atoms with Gasteiger partial charge in [-0.2, -0.15) is 0 Å². The predicted octanol–water partition coefficient (Wildman–Crippen LogP) is 4.09. The van der Waals surface area contributed by atoms with Gasteiger partial charge in [0.15, 0.2) is 0 Å². The van der Waals surface area contributed by atoms with Crippen molar-refractivity contribution < 1.29 is 9.59 Å². The van der Waals surface area contributed by atoms with Crippen LogP contribution >= 0.6 is 27.5 Å². The van der Waals surface area contributed by atoms with Crippen LogP contribution in [0.4, 0.5) is 11.4 Å². The second-order valence-corrected chi connectivity index (χ2v) is 6.60. The van der Waals surface area contributed by atoms with E-state index in [2.05, 4.69) is 21.2 Å². The fraction of sp³-hybridized carbons (Fsp3) is 0.176. The number of amides is 2. The van der Waals surface area contributed by atoms with Gasteiger partial charge in [0.25, 0.3) is 0 Å². The second-order valence-electron chi connectivity index (χ2n) is 5.28. The number of nitrogens with one attached hydrogen (secondary N) is 1. The van der Waals surface area contributed by atoms with Crippen LogP contribution in [0.3, 0.4) is 0 Å². The maximum Gasteiger partial charge on any atom is 0.239 e. The van der Waals surface area contributed by atoms with Crippen LogP contribution in [0.5, 0.6) is 0 Å². The van der Waals surface area contributed by atoms with E-state index in [1.54, 1.807) is 29.2 Å². The summed E-state index contributed by atoms with van der Waals surface area (Å²) in [5, 5.41) is 3.19. The molecule has 0 radical (unpaired) electrons. The zero-order valence-corrected chi connectivity index (χ0v) is 14.5. The zero-order chi connectivity index (χ0) is 16.4. The average Bonchev–Trinajstić information content (AvgIpc) is 2.91. The lowest BCUT2D eigenvalue weighted by Gasteiger charge is -2.17. The molecule has 4 nitrogen and oxygen atoms in total. The molecule has 1 aliphatic heterocycles. The Hall–Kier alpha value is -1.85. The van der Waals surface area contributed by atoms with Gasteiger partial charge in [-0.1, -0.05) is 45.7 Å². The summed E-state index contributed by atoms with van der Waals surface area (Å²) in [5.41, 5.74) is 1.31. The molecule has 1 atom stereocenters. The van der Waals surface area contributed by atoms with Crippen molar-refractivity contribution in [2.75, 3.05) is 16.8 Å². The molecule has 1 unspecified atom stereocenters. The first kappa shape index (κ1) is 16.0. The van der Waals surface area contributed by atoms with Crippen LogP contribution in [0.25, 0.3) is 0 Å². The topological polar surface area (TPSA) is 49.4 Å². The smallest absolute Gasteiger partial charge is 0.239 e. The molecule has 0 bridgehead atoms.